The molecular formula is C12H14. The molecule has 0 saturated heterocycles. The van der Waals surface area contributed by atoms with E-state index in [9.17, 15) is 0 Å². The van der Waals surface area contributed by atoms with Gasteiger partial charge in [-0.2, -0.15) is 0 Å². The van der Waals surface area contributed by atoms with Gasteiger partial charge in [-0.05, 0) is 30.1 Å². The number of rotatable bonds is 1. The molecule has 1 unspecified atom stereocenters. The van der Waals surface area contributed by atoms with Gasteiger partial charge in [0.15, 0.2) is 0 Å². The maximum atomic E-state index is 2.31. The van der Waals surface area contributed by atoms with E-state index in [1.54, 1.807) is 0 Å². The highest BCUT2D eigenvalue weighted by atomic mass is 14.2. The Morgan fingerprint density at radius 3 is 2.67 bits per heavy atom. The van der Waals surface area contributed by atoms with Crippen LogP contribution in [0, 0.1) is 5.92 Å². The fourth-order valence-electron chi connectivity index (χ4n) is 1.98. The molecule has 0 spiro atoms. The molecule has 2 rings (SSSR count). The molecule has 0 aromatic heterocycles. The van der Waals surface area contributed by atoms with E-state index in [1.165, 1.54) is 16.7 Å². The van der Waals surface area contributed by atoms with E-state index in [0.29, 0.717) is 5.92 Å². The molecule has 0 N–H and O–H groups in total. The topological polar surface area (TPSA) is 0 Å². The summed E-state index contributed by atoms with van der Waals surface area (Å²) in [6, 6.07) is 0. The summed E-state index contributed by atoms with van der Waals surface area (Å²) in [7, 11) is 0. The largest absolute Gasteiger partial charge is 0.0801 e. The van der Waals surface area contributed by atoms with Crippen LogP contribution in [0.3, 0.4) is 0 Å². The first-order chi connectivity index (χ1) is 5.79. The van der Waals surface area contributed by atoms with E-state index >= 15 is 0 Å². The Hall–Kier alpha value is -1.04. The molecule has 0 saturated carbocycles. The number of hydrogen-bond acceptors (Lipinski definition) is 0. The molecule has 0 amide bonds. The van der Waals surface area contributed by atoms with Crippen LogP contribution in [0.2, 0.25) is 0 Å². The minimum absolute atomic E-state index is 0.610. The van der Waals surface area contributed by atoms with E-state index in [4.69, 9.17) is 0 Å². The average Bonchev–Trinajstić information content (AvgIpc) is 2.61. The van der Waals surface area contributed by atoms with Crippen molar-refractivity contribution in [3.05, 3.63) is 47.1 Å². The summed E-state index contributed by atoms with van der Waals surface area (Å²) >= 11 is 0. The SMILES string of the molecule is CC1=C(C2=CCC=C2)C(C)C=C1. The first-order valence-corrected chi connectivity index (χ1v) is 4.55. The fourth-order valence-corrected chi connectivity index (χ4v) is 1.98. The van der Waals surface area contributed by atoms with E-state index in [2.05, 4.69) is 44.2 Å². The maximum absolute atomic E-state index is 2.31. The van der Waals surface area contributed by atoms with Gasteiger partial charge in [0.2, 0.25) is 0 Å². The van der Waals surface area contributed by atoms with Gasteiger partial charge >= 0.3 is 0 Å². The van der Waals surface area contributed by atoms with Gasteiger partial charge in [0.05, 0.1) is 0 Å². The van der Waals surface area contributed by atoms with Crippen LogP contribution in [0.4, 0.5) is 0 Å². The molecule has 1 atom stereocenters. The second-order valence-electron chi connectivity index (χ2n) is 3.54. The van der Waals surface area contributed by atoms with Crippen molar-refractivity contribution in [2.75, 3.05) is 0 Å². The zero-order valence-electron chi connectivity index (χ0n) is 7.67. The van der Waals surface area contributed by atoms with E-state index in [0.717, 1.165) is 6.42 Å². The van der Waals surface area contributed by atoms with Crippen molar-refractivity contribution in [3.8, 4) is 0 Å². The van der Waals surface area contributed by atoms with Crippen molar-refractivity contribution in [2.45, 2.75) is 20.3 Å². The third-order valence-corrected chi connectivity index (χ3v) is 2.60. The zero-order chi connectivity index (χ0) is 8.55. The van der Waals surface area contributed by atoms with Gasteiger partial charge < -0.3 is 0 Å². The van der Waals surface area contributed by atoms with Crippen LogP contribution in [0.25, 0.3) is 0 Å². The standard InChI is InChI=1S/C12H14/c1-9-7-8-10(2)12(9)11-5-3-4-6-11/h3,5-9H,4H2,1-2H3. The predicted molar refractivity (Wildman–Crippen MR) is 52.8 cm³/mol. The minimum atomic E-state index is 0.610. The maximum Gasteiger partial charge on any atom is 0.000122 e. The highest BCUT2D eigenvalue weighted by molar-refractivity contribution is 5.53. The van der Waals surface area contributed by atoms with Crippen molar-refractivity contribution >= 4 is 0 Å². The quantitative estimate of drug-likeness (QED) is 0.548. The molecule has 2 aliphatic carbocycles. The van der Waals surface area contributed by atoms with Gasteiger partial charge in [-0.15, -0.1) is 0 Å². The molecule has 0 bridgehead atoms. The highest BCUT2D eigenvalue weighted by Gasteiger charge is 2.16. The molecule has 0 heterocycles. The van der Waals surface area contributed by atoms with Crippen LogP contribution < -0.4 is 0 Å². The lowest BCUT2D eigenvalue weighted by atomic mass is 9.95. The lowest BCUT2D eigenvalue weighted by Gasteiger charge is -2.09. The summed E-state index contributed by atoms with van der Waals surface area (Å²) in [4.78, 5) is 0. The van der Waals surface area contributed by atoms with Gasteiger partial charge in [-0.25, -0.2) is 0 Å². The van der Waals surface area contributed by atoms with Gasteiger partial charge in [-0.3, -0.25) is 0 Å². The molecule has 0 nitrogen and oxygen atoms in total. The van der Waals surface area contributed by atoms with Crippen molar-refractivity contribution in [2.24, 2.45) is 5.92 Å². The van der Waals surface area contributed by atoms with Crippen LogP contribution in [0.5, 0.6) is 0 Å². The van der Waals surface area contributed by atoms with Crippen LogP contribution in [-0.4, -0.2) is 0 Å². The third-order valence-electron chi connectivity index (χ3n) is 2.60. The molecule has 0 aliphatic heterocycles. The van der Waals surface area contributed by atoms with E-state index < -0.39 is 0 Å². The Morgan fingerprint density at radius 1 is 1.33 bits per heavy atom. The van der Waals surface area contributed by atoms with Crippen LogP contribution in [-0.2, 0) is 0 Å². The molecule has 0 aromatic carbocycles. The molecule has 0 heteroatoms. The van der Waals surface area contributed by atoms with E-state index in [1.807, 2.05) is 0 Å². The molecular weight excluding hydrogens is 144 g/mol. The second-order valence-corrected chi connectivity index (χ2v) is 3.54. The summed E-state index contributed by atoms with van der Waals surface area (Å²) in [6.45, 7) is 4.46. The summed E-state index contributed by atoms with van der Waals surface area (Å²) in [5.74, 6) is 0.610. The second kappa shape index (κ2) is 2.78. The summed E-state index contributed by atoms with van der Waals surface area (Å²) < 4.78 is 0. The predicted octanol–water partition coefficient (Wildman–Crippen LogP) is 3.40. The minimum Gasteiger partial charge on any atom is -0.0801 e. The van der Waals surface area contributed by atoms with Gasteiger partial charge in [0.25, 0.3) is 0 Å². The number of hydrogen-bond donors (Lipinski definition) is 0. The lowest BCUT2D eigenvalue weighted by molar-refractivity contribution is 0.893. The van der Waals surface area contributed by atoms with Crippen molar-refractivity contribution < 1.29 is 0 Å². The summed E-state index contributed by atoms with van der Waals surface area (Å²) in [5.41, 5.74) is 4.38. The highest BCUT2D eigenvalue weighted by Crippen LogP contribution is 2.33. The fraction of sp³-hybridized carbons (Fsp3) is 0.333. The first kappa shape index (κ1) is 7.60. The van der Waals surface area contributed by atoms with Crippen LogP contribution in [0.1, 0.15) is 20.3 Å². The van der Waals surface area contributed by atoms with Gasteiger partial charge in [0.1, 0.15) is 0 Å². The zero-order valence-corrected chi connectivity index (χ0v) is 7.67. The Morgan fingerprint density at radius 2 is 2.17 bits per heavy atom. The van der Waals surface area contributed by atoms with Crippen molar-refractivity contribution in [1.29, 1.82) is 0 Å². The monoisotopic (exact) mass is 158 g/mol. The Bertz CT molecular complexity index is 308. The first-order valence-electron chi connectivity index (χ1n) is 4.55. The number of allylic oxidation sites excluding steroid dienone is 8. The molecule has 0 fully saturated rings. The van der Waals surface area contributed by atoms with Gasteiger partial charge in [0, 0.05) is 5.92 Å². The Labute approximate surface area is 74.0 Å². The molecule has 12 heavy (non-hydrogen) atoms. The Balaban J connectivity index is 2.35. The van der Waals surface area contributed by atoms with E-state index in [-0.39, 0.29) is 0 Å². The third kappa shape index (κ3) is 1.08. The molecule has 0 aromatic rings. The summed E-state index contributed by atoms with van der Waals surface area (Å²) in [6.07, 6.45) is 12.4. The normalized spacial score (nSPS) is 27.2. The Kier molecular flexibility index (Phi) is 1.76. The lowest BCUT2D eigenvalue weighted by Crippen LogP contribution is -1.94. The molecule has 2 aliphatic rings. The van der Waals surface area contributed by atoms with Gasteiger partial charge in [-0.1, -0.05) is 37.3 Å². The smallest absolute Gasteiger partial charge is 0.000122 e. The summed E-state index contributed by atoms with van der Waals surface area (Å²) in [5, 5.41) is 0. The molecule has 62 valence electrons. The van der Waals surface area contributed by atoms with Crippen molar-refractivity contribution in [1.82, 2.24) is 0 Å². The average molecular weight is 158 g/mol. The van der Waals surface area contributed by atoms with Crippen molar-refractivity contribution in [3.63, 3.8) is 0 Å². The van der Waals surface area contributed by atoms with Crippen LogP contribution >= 0.6 is 0 Å². The molecule has 0 radical (unpaired) electrons. The van der Waals surface area contributed by atoms with Crippen LogP contribution in [0.15, 0.2) is 47.1 Å².